The van der Waals surface area contributed by atoms with Crippen LogP contribution < -0.4 is 14.8 Å². The first-order valence-electron chi connectivity index (χ1n) is 12.0. The molecule has 0 spiro atoms. The predicted molar refractivity (Wildman–Crippen MR) is 149 cm³/mol. The Bertz CT molecular complexity index is 1530. The molecular formula is C28H21BrF4N2O5S. The molecule has 0 aromatic heterocycles. The van der Waals surface area contributed by atoms with Crippen LogP contribution in [0.2, 0.25) is 0 Å². The second-order valence-electron chi connectivity index (χ2n) is 8.54. The molecule has 41 heavy (non-hydrogen) atoms. The third-order valence-electron chi connectivity index (χ3n) is 5.61. The minimum atomic E-state index is -4.60. The molecule has 0 saturated carbocycles. The van der Waals surface area contributed by atoms with E-state index in [9.17, 15) is 31.9 Å². The van der Waals surface area contributed by atoms with Gasteiger partial charge in [0.05, 0.1) is 21.5 Å². The van der Waals surface area contributed by atoms with Crippen LogP contribution in [0.25, 0.3) is 6.08 Å². The summed E-state index contributed by atoms with van der Waals surface area (Å²) >= 11 is 4.02. The number of alkyl halides is 3. The molecule has 1 fully saturated rings. The van der Waals surface area contributed by atoms with E-state index in [0.29, 0.717) is 43.8 Å². The number of amides is 3. The average molecular weight is 653 g/mol. The van der Waals surface area contributed by atoms with Gasteiger partial charge < -0.3 is 14.8 Å². The Morgan fingerprint density at radius 3 is 2.54 bits per heavy atom. The third kappa shape index (κ3) is 7.47. The lowest BCUT2D eigenvalue weighted by Gasteiger charge is -2.15. The highest BCUT2D eigenvalue weighted by Crippen LogP contribution is 2.40. The Kier molecular flexibility index (Phi) is 9.38. The summed E-state index contributed by atoms with van der Waals surface area (Å²) in [6.45, 7) is 1.29. The molecular weight excluding hydrogens is 632 g/mol. The third-order valence-corrected chi connectivity index (χ3v) is 7.10. The van der Waals surface area contributed by atoms with Crippen LogP contribution in [0.3, 0.4) is 0 Å². The molecule has 1 aliphatic rings. The van der Waals surface area contributed by atoms with Gasteiger partial charge in [-0.05, 0) is 82.7 Å². The maximum atomic E-state index is 14.0. The Hall–Kier alpha value is -3.84. The molecule has 0 bridgehead atoms. The monoisotopic (exact) mass is 652 g/mol. The number of hydrogen-bond donors (Lipinski definition) is 1. The summed E-state index contributed by atoms with van der Waals surface area (Å²) in [5.74, 6) is -1.38. The molecule has 13 heteroatoms. The molecule has 3 aromatic carbocycles. The van der Waals surface area contributed by atoms with Crippen molar-refractivity contribution in [3.63, 3.8) is 0 Å². The number of thioether (sulfide) groups is 1. The Morgan fingerprint density at radius 1 is 1.07 bits per heavy atom. The summed E-state index contributed by atoms with van der Waals surface area (Å²) in [5.41, 5.74) is -0.266. The zero-order valence-corrected chi connectivity index (χ0v) is 23.7. The molecule has 0 aliphatic carbocycles. The van der Waals surface area contributed by atoms with E-state index in [4.69, 9.17) is 9.47 Å². The van der Waals surface area contributed by atoms with Gasteiger partial charge in [-0.15, -0.1) is 0 Å². The van der Waals surface area contributed by atoms with E-state index in [2.05, 4.69) is 21.2 Å². The fourth-order valence-corrected chi connectivity index (χ4v) is 5.16. The molecule has 1 N–H and O–H groups in total. The number of benzene rings is 3. The summed E-state index contributed by atoms with van der Waals surface area (Å²) < 4.78 is 64.8. The highest BCUT2D eigenvalue weighted by molar-refractivity contribution is 9.10. The van der Waals surface area contributed by atoms with Crippen LogP contribution in [0.5, 0.6) is 11.5 Å². The van der Waals surface area contributed by atoms with Gasteiger partial charge in [-0.1, -0.05) is 24.3 Å². The van der Waals surface area contributed by atoms with Crippen molar-refractivity contribution in [2.75, 3.05) is 18.5 Å². The van der Waals surface area contributed by atoms with Gasteiger partial charge in [0.1, 0.15) is 19.0 Å². The first-order chi connectivity index (χ1) is 19.5. The average Bonchev–Trinajstić information content (AvgIpc) is 3.16. The van der Waals surface area contributed by atoms with Crippen molar-refractivity contribution in [1.82, 2.24) is 4.90 Å². The van der Waals surface area contributed by atoms with Gasteiger partial charge >= 0.3 is 6.18 Å². The topological polar surface area (TPSA) is 84.9 Å². The van der Waals surface area contributed by atoms with Gasteiger partial charge in [0.15, 0.2) is 11.5 Å². The van der Waals surface area contributed by atoms with Crippen LogP contribution in [0.1, 0.15) is 23.6 Å². The highest BCUT2D eigenvalue weighted by atomic mass is 79.9. The summed E-state index contributed by atoms with van der Waals surface area (Å²) in [7, 11) is 0. The van der Waals surface area contributed by atoms with Gasteiger partial charge in [-0.25, -0.2) is 4.39 Å². The Balaban J connectivity index is 1.48. The van der Waals surface area contributed by atoms with Crippen molar-refractivity contribution >= 4 is 56.5 Å². The first kappa shape index (κ1) is 30.1. The molecule has 1 saturated heterocycles. The second kappa shape index (κ2) is 12.8. The van der Waals surface area contributed by atoms with Crippen molar-refractivity contribution in [3.8, 4) is 11.5 Å². The van der Waals surface area contributed by atoms with Gasteiger partial charge in [-0.2, -0.15) is 13.2 Å². The maximum absolute atomic E-state index is 14.0. The molecule has 0 unspecified atom stereocenters. The standard InChI is InChI=1S/C28H21BrF4N2O5S/c1-2-39-22-11-16(10-20(29)25(22)40-15-17-6-3-4-9-21(17)30)12-23-26(37)35(27(38)41-23)14-24(36)34-19-8-5-7-18(13-19)28(31,32)33/h3-13H,2,14-15H2,1H3,(H,34,36)/b23-12-. The molecule has 3 amide bonds. The first-order valence-corrected chi connectivity index (χ1v) is 13.6. The van der Waals surface area contributed by atoms with Crippen molar-refractivity contribution in [1.29, 1.82) is 0 Å². The molecule has 7 nitrogen and oxygen atoms in total. The number of nitrogens with zero attached hydrogens (tertiary/aromatic N) is 1. The van der Waals surface area contributed by atoms with Crippen LogP contribution >= 0.6 is 27.7 Å². The van der Waals surface area contributed by atoms with Crippen LogP contribution in [-0.4, -0.2) is 35.1 Å². The molecule has 3 aromatic rings. The fraction of sp³-hybridized carbons (Fsp3) is 0.179. The smallest absolute Gasteiger partial charge is 0.416 e. The maximum Gasteiger partial charge on any atom is 0.416 e. The Morgan fingerprint density at radius 2 is 1.83 bits per heavy atom. The lowest BCUT2D eigenvalue weighted by atomic mass is 10.1. The summed E-state index contributed by atoms with van der Waals surface area (Å²) in [4.78, 5) is 38.6. The molecule has 0 radical (unpaired) electrons. The molecule has 4 rings (SSSR count). The SMILES string of the molecule is CCOc1cc(/C=C2\SC(=O)N(CC(=O)Nc3cccc(C(F)(F)F)c3)C2=O)cc(Br)c1OCc1ccccc1F. The zero-order chi connectivity index (χ0) is 29.7. The van der Waals surface area contributed by atoms with Gasteiger partial charge in [0, 0.05) is 11.3 Å². The van der Waals surface area contributed by atoms with Crippen LogP contribution in [0, 0.1) is 5.82 Å². The lowest BCUT2D eigenvalue weighted by molar-refractivity contribution is -0.137. The number of halogens is 5. The summed E-state index contributed by atoms with van der Waals surface area (Å²) in [6, 6.07) is 13.4. The van der Waals surface area contributed by atoms with E-state index in [1.807, 2.05) is 0 Å². The summed E-state index contributed by atoms with van der Waals surface area (Å²) in [5, 5.41) is 1.56. The van der Waals surface area contributed by atoms with E-state index < -0.39 is 41.2 Å². The van der Waals surface area contributed by atoms with Crippen molar-refractivity contribution in [3.05, 3.63) is 92.5 Å². The van der Waals surface area contributed by atoms with Crippen LogP contribution in [0.15, 0.2) is 70.0 Å². The largest absolute Gasteiger partial charge is 0.490 e. The highest BCUT2D eigenvalue weighted by Gasteiger charge is 2.36. The minimum absolute atomic E-state index is 0.0243. The molecule has 1 heterocycles. The van der Waals surface area contributed by atoms with Gasteiger partial charge in [0.2, 0.25) is 5.91 Å². The number of carbonyl (C=O) groups is 3. The predicted octanol–water partition coefficient (Wildman–Crippen LogP) is 7.26. The number of imide groups is 1. The van der Waals surface area contributed by atoms with Crippen LogP contribution in [-0.2, 0) is 22.4 Å². The van der Waals surface area contributed by atoms with Crippen molar-refractivity contribution in [2.24, 2.45) is 0 Å². The quantitative estimate of drug-likeness (QED) is 0.193. The number of ether oxygens (including phenoxy) is 2. The Labute approximate surface area is 244 Å². The second-order valence-corrected chi connectivity index (χ2v) is 10.4. The van der Waals surface area contributed by atoms with Crippen LogP contribution in [0.4, 0.5) is 28.0 Å². The molecule has 214 valence electrons. The van der Waals surface area contributed by atoms with E-state index in [1.165, 1.54) is 18.2 Å². The fourth-order valence-electron chi connectivity index (χ4n) is 3.74. The van der Waals surface area contributed by atoms with Crippen molar-refractivity contribution in [2.45, 2.75) is 19.7 Å². The molecule has 0 atom stereocenters. The number of rotatable bonds is 9. The number of carbonyl (C=O) groups excluding carboxylic acids is 3. The van der Waals surface area contributed by atoms with E-state index >= 15 is 0 Å². The van der Waals surface area contributed by atoms with Gasteiger partial charge in [0.25, 0.3) is 11.1 Å². The van der Waals surface area contributed by atoms with Crippen molar-refractivity contribution < 1.29 is 41.4 Å². The zero-order valence-electron chi connectivity index (χ0n) is 21.3. The van der Waals surface area contributed by atoms with Gasteiger partial charge in [-0.3, -0.25) is 19.3 Å². The normalized spacial score (nSPS) is 14.5. The van der Waals surface area contributed by atoms with E-state index in [1.54, 1.807) is 37.3 Å². The number of hydrogen-bond acceptors (Lipinski definition) is 6. The minimum Gasteiger partial charge on any atom is -0.490 e. The lowest BCUT2D eigenvalue weighted by Crippen LogP contribution is -2.36. The van der Waals surface area contributed by atoms with E-state index in [0.717, 1.165) is 18.2 Å². The van der Waals surface area contributed by atoms with E-state index in [-0.39, 0.29) is 23.8 Å². The molecule has 1 aliphatic heterocycles. The number of anilines is 1. The summed E-state index contributed by atoms with van der Waals surface area (Å²) in [6.07, 6.45) is -3.16. The number of nitrogens with one attached hydrogen (secondary N) is 1.